The largest absolute Gasteiger partial charge is 0.436 e. The smallest absolute Gasteiger partial charge is 0.227 e. The van der Waals surface area contributed by atoms with Crippen LogP contribution in [0.5, 0.6) is 0 Å². The van der Waals surface area contributed by atoms with E-state index in [1.807, 2.05) is 78.9 Å². The number of aromatic nitrogens is 4. The van der Waals surface area contributed by atoms with Gasteiger partial charge in [-0.15, -0.1) is 0 Å². The molecule has 0 aliphatic heterocycles. The average molecular weight is 527 g/mol. The van der Waals surface area contributed by atoms with E-state index < -0.39 is 0 Å². The second-order valence-corrected chi connectivity index (χ2v) is 9.97. The molecule has 6 aromatic carbocycles. The van der Waals surface area contributed by atoms with Crippen LogP contribution in [0.25, 0.3) is 78.3 Å². The van der Waals surface area contributed by atoms with Crippen LogP contribution in [0.4, 0.5) is 0 Å². The van der Waals surface area contributed by atoms with E-state index in [1.165, 1.54) is 5.39 Å². The van der Waals surface area contributed by atoms with Crippen LogP contribution >= 0.6 is 0 Å². The van der Waals surface area contributed by atoms with Crippen molar-refractivity contribution in [3.05, 3.63) is 133 Å². The Morgan fingerprint density at radius 1 is 0.390 bits per heavy atom. The molecule has 0 saturated carbocycles. The van der Waals surface area contributed by atoms with Crippen molar-refractivity contribution in [1.29, 1.82) is 0 Å². The Bertz CT molecular complexity index is 2150. The molecule has 0 radical (unpaired) electrons. The van der Waals surface area contributed by atoms with E-state index >= 15 is 0 Å². The van der Waals surface area contributed by atoms with Gasteiger partial charge in [-0.1, -0.05) is 109 Å². The molecular formula is C36H22N4O. The second kappa shape index (κ2) is 9.50. The second-order valence-electron chi connectivity index (χ2n) is 9.97. The van der Waals surface area contributed by atoms with Crippen molar-refractivity contribution in [3.8, 4) is 45.6 Å². The molecule has 8 aromatic rings. The molecule has 2 aromatic heterocycles. The Balaban J connectivity index is 1.29. The number of hydrogen-bond acceptors (Lipinski definition) is 5. The minimum Gasteiger partial charge on any atom is -0.436 e. The highest BCUT2D eigenvalue weighted by molar-refractivity contribution is 6.05. The number of benzene rings is 6. The highest BCUT2D eigenvalue weighted by Crippen LogP contribution is 2.33. The molecule has 5 heteroatoms. The molecule has 0 aliphatic carbocycles. The third-order valence-corrected chi connectivity index (χ3v) is 7.33. The number of rotatable bonds is 4. The van der Waals surface area contributed by atoms with Crippen molar-refractivity contribution in [2.75, 3.05) is 0 Å². The first-order valence-electron chi connectivity index (χ1n) is 13.5. The number of oxazole rings is 1. The average Bonchev–Trinajstić information content (AvgIpc) is 3.50. The van der Waals surface area contributed by atoms with Gasteiger partial charge in [-0.2, -0.15) is 0 Å². The van der Waals surface area contributed by atoms with Gasteiger partial charge < -0.3 is 4.42 Å². The van der Waals surface area contributed by atoms with Gasteiger partial charge in [-0.3, -0.25) is 0 Å². The zero-order chi connectivity index (χ0) is 27.2. The van der Waals surface area contributed by atoms with E-state index in [0.717, 1.165) is 49.5 Å². The van der Waals surface area contributed by atoms with E-state index in [-0.39, 0.29) is 0 Å². The maximum atomic E-state index is 6.26. The molecule has 0 saturated heterocycles. The maximum Gasteiger partial charge on any atom is 0.227 e. The molecule has 0 fully saturated rings. The summed E-state index contributed by atoms with van der Waals surface area (Å²) < 4.78 is 6.26. The van der Waals surface area contributed by atoms with Gasteiger partial charge in [0.05, 0.1) is 0 Å². The first-order valence-corrected chi connectivity index (χ1v) is 13.5. The van der Waals surface area contributed by atoms with Gasteiger partial charge in [-0.05, 0) is 40.4 Å². The summed E-state index contributed by atoms with van der Waals surface area (Å²) in [6.07, 6.45) is 0. The minimum atomic E-state index is 0.599. The minimum absolute atomic E-state index is 0.599. The van der Waals surface area contributed by atoms with E-state index in [2.05, 4.69) is 54.6 Å². The van der Waals surface area contributed by atoms with Gasteiger partial charge in [0.2, 0.25) is 5.89 Å². The zero-order valence-corrected chi connectivity index (χ0v) is 21.9. The van der Waals surface area contributed by atoms with Crippen molar-refractivity contribution >= 4 is 32.6 Å². The standard InChI is InChI=1S/C36H22N4O/c1-3-10-25(11-4-1)33-38-34(26-12-5-2-6-13-26)40-35(39-33)28-17-16-24-19-20-31-32(30(24)22-28)37-36(41-31)29-18-15-23-9-7-8-14-27(23)21-29/h1-22H. The number of hydrogen-bond donors (Lipinski definition) is 0. The van der Waals surface area contributed by atoms with Gasteiger partial charge in [0.25, 0.3) is 0 Å². The molecule has 0 amide bonds. The normalized spacial score (nSPS) is 11.4. The van der Waals surface area contributed by atoms with E-state index in [0.29, 0.717) is 23.4 Å². The molecule has 41 heavy (non-hydrogen) atoms. The fraction of sp³-hybridized carbons (Fsp3) is 0. The lowest BCUT2D eigenvalue weighted by Gasteiger charge is -2.09. The van der Waals surface area contributed by atoms with Crippen LogP contribution in [0.3, 0.4) is 0 Å². The van der Waals surface area contributed by atoms with E-state index in [1.54, 1.807) is 0 Å². The highest BCUT2D eigenvalue weighted by atomic mass is 16.3. The first-order chi connectivity index (χ1) is 20.3. The Morgan fingerprint density at radius 3 is 1.66 bits per heavy atom. The molecule has 0 spiro atoms. The molecule has 0 aliphatic rings. The summed E-state index contributed by atoms with van der Waals surface area (Å²) in [4.78, 5) is 19.6. The third kappa shape index (κ3) is 4.21. The molecule has 0 bridgehead atoms. The molecule has 0 N–H and O–H groups in total. The van der Waals surface area contributed by atoms with Gasteiger partial charge in [-0.25, -0.2) is 19.9 Å². The molecule has 2 heterocycles. The molecule has 8 rings (SSSR count). The Labute approximate surface area is 235 Å². The lowest BCUT2D eigenvalue weighted by atomic mass is 10.0. The van der Waals surface area contributed by atoms with Crippen LogP contribution in [0.15, 0.2) is 138 Å². The predicted molar refractivity (Wildman–Crippen MR) is 164 cm³/mol. The lowest BCUT2D eigenvalue weighted by Crippen LogP contribution is -2.00. The quantitative estimate of drug-likeness (QED) is 0.229. The third-order valence-electron chi connectivity index (χ3n) is 7.33. The summed E-state index contributed by atoms with van der Waals surface area (Å²) in [5, 5.41) is 4.39. The van der Waals surface area contributed by atoms with Gasteiger partial charge in [0.15, 0.2) is 23.1 Å². The van der Waals surface area contributed by atoms with Crippen LogP contribution in [-0.2, 0) is 0 Å². The molecule has 5 nitrogen and oxygen atoms in total. The van der Waals surface area contributed by atoms with Crippen molar-refractivity contribution in [1.82, 2.24) is 19.9 Å². The summed E-state index contributed by atoms with van der Waals surface area (Å²) >= 11 is 0. The molecule has 0 atom stereocenters. The first kappa shape index (κ1) is 23.2. The number of fused-ring (bicyclic) bond motifs is 4. The van der Waals surface area contributed by atoms with Gasteiger partial charge in [0, 0.05) is 27.6 Å². The Morgan fingerprint density at radius 2 is 0.951 bits per heavy atom. The van der Waals surface area contributed by atoms with Crippen molar-refractivity contribution in [2.45, 2.75) is 0 Å². The zero-order valence-electron chi connectivity index (χ0n) is 21.9. The summed E-state index contributed by atoms with van der Waals surface area (Å²) in [6.45, 7) is 0. The molecule has 192 valence electrons. The van der Waals surface area contributed by atoms with Crippen molar-refractivity contribution < 1.29 is 4.42 Å². The summed E-state index contributed by atoms with van der Waals surface area (Å²) in [6, 6.07) is 44.9. The van der Waals surface area contributed by atoms with Gasteiger partial charge in [0.1, 0.15) is 5.52 Å². The predicted octanol–water partition coefficient (Wildman–Crippen LogP) is 8.99. The van der Waals surface area contributed by atoms with Crippen LogP contribution in [0.2, 0.25) is 0 Å². The Kier molecular flexibility index (Phi) is 5.38. The summed E-state index contributed by atoms with van der Waals surface area (Å²) in [7, 11) is 0. The molecule has 0 unspecified atom stereocenters. The monoisotopic (exact) mass is 526 g/mol. The van der Waals surface area contributed by atoms with Crippen LogP contribution < -0.4 is 0 Å². The topological polar surface area (TPSA) is 64.7 Å². The van der Waals surface area contributed by atoms with E-state index in [9.17, 15) is 0 Å². The fourth-order valence-electron chi connectivity index (χ4n) is 5.23. The molecular weight excluding hydrogens is 504 g/mol. The van der Waals surface area contributed by atoms with Crippen LogP contribution in [0, 0.1) is 0 Å². The number of nitrogens with zero attached hydrogens (tertiary/aromatic N) is 4. The van der Waals surface area contributed by atoms with Crippen LogP contribution in [-0.4, -0.2) is 19.9 Å². The van der Waals surface area contributed by atoms with Crippen molar-refractivity contribution in [3.63, 3.8) is 0 Å². The fourth-order valence-corrected chi connectivity index (χ4v) is 5.23. The van der Waals surface area contributed by atoms with Gasteiger partial charge >= 0.3 is 0 Å². The van der Waals surface area contributed by atoms with Crippen LogP contribution in [0.1, 0.15) is 0 Å². The van der Waals surface area contributed by atoms with Crippen molar-refractivity contribution in [2.24, 2.45) is 0 Å². The SMILES string of the molecule is c1ccc(-c2nc(-c3ccccc3)nc(-c3ccc4ccc5oc(-c6ccc7ccccc7c6)nc5c4c3)n2)cc1. The maximum absolute atomic E-state index is 6.26. The highest BCUT2D eigenvalue weighted by Gasteiger charge is 2.15. The lowest BCUT2D eigenvalue weighted by molar-refractivity contribution is 0.620. The summed E-state index contributed by atoms with van der Waals surface area (Å²) in [5.41, 5.74) is 5.26. The van der Waals surface area contributed by atoms with E-state index in [4.69, 9.17) is 24.4 Å². The summed E-state index contributed by atoms with van der Waals surface area (Å²) in [5.74, 6) is 2.47. The Hall–Kier alpha value is -5.68.